The molecule has 0 fully saturated rings. The molecule has 1 aromatic heterocycles. The summed E-state index contributed by atoms with van der Waals surface area (Å²) in [6.07, 6.45) is 1.91. The van der Waals surface area contributed by atoms with Crippen LogP contribution in [0.4, 0.5) is 5.69 Å². The Labute approximate surface area is 90.7 Å². The summed E-state index contributed by atoms with van der Waals surface area (Å²) in [4.78, 5) is 20.6. The lowest BCUT2D eigenvalue weighted by atomic mass is 10.3. The van der Waals surface area contributed by atoms with E-state index in [1.165, 1.54) is 10.8 Å². The lowest BCUT2D eigenvalue weighted by Crippen LogP contribution is -2.07. The Hall–Kier alpha value is -2.36. The highest BCUT2D eigenvalue weighted by Gasteiger charge is 2.18. The van der Waals surface area contributed by atoms with Gasteiger partial charge in [-0.1, -0.05) is 0 Å². The van der Waals surface area contributed by atoms with Crippen LogP contribution < -0.4 is 0 Å². The minimum atomic E-state index is -1.22. The number of unbranched alkanes of at least 4 members (excludes halogenated alkanes) is 1. The highest BCUT2D eigenvalue weighted by molar-refractivity contribution is 5.86. The number of rotatable bonds is 5. The third-order valence-electron chi connectivity index (χ3n) is 2.00. The molecule has 0 aliphatic carbocycles. The number of carboxylic acid groups (broad SMARTS) is 1. The SMILES string of the molecule is N#CCCCn1cc([N+](=O)[O-])cc1C(=O)O. The molecule has 0 radical (unpaired) electrons. The summed E-state index contributed by atoms with van der Waals surface area (Å²) in [6.45, 7) is 0.281. The van der Waals surface area contributed by atoms with Crippen molar-refractivity contribution in [1.82, 2.24) is 4.57 Å². The molecule has 7 heteroatoms. The van der Waals surface area contributed by atoms with Gasteiger partial charge in [0.05, 0.1) is 17.2 Å². The Kier molecular flexibility index (Phi) is 3.61. The van der Waals surface area contributed by atoms with Gasteiger partial charge in [0.25, 0.3) is 5.69 Å². The van der Waals surface area contributed by atoms with E-state index in [9.17, 15) is 14.9 Å². The van der Waals surface area contributed by atoms with Crippen LogP contribution in [0.15, 0.2) is 12.3 Å². The predicted molar refractivity (Wildman–Crippen MR) is 52.9 cm³/mol. The Morgan fingerprint density at radius 1 is 1.69 bits per heavy atom. The van der Waals surface area contributed by atoms with Crippen molar-refractivity contribution in [3.8, 4) is 6.07 Å². The minimum absolute atomic E-state index is 0.135. The van der Waals surface area contributed by atoms with Gasteiger partial charge in [0.1, 0.15) is 5.69 Å². The first-order valence-electron chi connectivity index (χ1n) is 4.51. The monoisotopic (exact) mass is 223 g/mol. The van der Waals surface area contributed by atoms with Crippen molar-refractivity contribution in [3.63, 3.8) is 0 Å². The molecule has 0 saturated carbocycles. The molecular formula is C9H9N3O4. The summed E-state index contributed by atoms with van der Waals surface area (Å²) >= 11 is 0. The van der Waals surface area contributed by atoms with Crippen LogP contribution >= 0.6 is 0 Å². The lowest BCUT2D eigenvalue weighted by molar-refractivity contribution is -0.384. The van der Waals surface area contributed by atoms with E-state index in [1.54, 1.807) is 0 Å². The van der Waals surface area contributed by atoms with Crippen molar-refractivity contribution >= 4 is 11.7 Å². The maximum atomic E-state index is 10.8. The number of nitriles is 1. The highest BCUT2D eigenvalue weighted by atomic mass is 16.6. The third-order valence-corrected chi connectivity index (χ3v) is 2.00. The molecule has 0 aromatic carbocycles. The summed E-state index contributed by atoms with van der Waals surface area (Å²) in [7, 11) is 0. The average Bonchev–Trinajstić information content (AvgIpc) is 2.62. The third kappa shape index (κ3) is 2.57. The van der Waals surface area contributed by atoms with Crippen LogP contribution in [0.3, 0.4) is 0 Å². The molecule has 0 atom stereocenters. The largest absolute Gasteiger partial charge is 0.477 e. The first kappa shape index (κ1) is 11.7. The first-order valence-corrected chi connectivity index (χ1v) is 4.51. The van der Waals surface area contributed by atoms with E-state index in [1.807, 2.05) is 6.07 Å². The van der Waals surface area contributed by atoms with Crippen molar-refractivity contribution < 1.29 is 14.8 Å². The number of carboxylic acids is 1. The van der Waals surface area contributed by atoms with Gasteiger partial charge < -0.3 is 9.67 Å². The number of hydrogen-bond donors (Lipinski definition) is 1. The second-order valence-corrected chi connectivity index (χ2v) is 3.10. The van der Waals surface area contributed by atoms with Gasteiger partial charge in [0.2, 0.25) is 0 Å². The van der Waals surface area contributed by atoms with E-state index < -0.39 is 10.9 Å². The number of aromatic carboxylic acids is 1. The fourth-order valence-electron chi connectivity index (χ4n) is 1.29. The number of aromatic nitrogens is 1. The summed E-state index contributed by atoms with van der Waals surface area (Å²) < 4.78 is 1.28. The van der Waals surface area contributed by atoms with Crippen molar-refractivity contribution in [2.75, 3.05) is 0 Å². The Morgan fingerprint density at radius 2 is 2.38 bits per heavy atom. The molecule has 0 aliphatic heterocycles. The van der Waals surface area contributed by atoms with Gasteiger partial charge in [-0.05, 0) is 6.42 Å². The average molecular weight is 223 g/mol. The van der Waals surface area contributed by atoms with Crippen LogP contribution in [-0.4, -0.2) is 20.6 Å². The predicted octanol–water partition coefficient (Wildman–Crippen LogP) is 1.40. The topological polar surface area (TPSA) is 109 Å². The smallest absolute Gasteiger partial charge is 0.352 e. The number of nitro groups is 1. The molecule has 0 amide bonds. The Balaban J connectivity index is 2.92. The Morgan fingerprint density at radius 3 is 2.88 bits per heavy atom. The maximum Gasteiger partial charge on any atom is 0.352 e. The molecule has 1 heterocycles. The van der Waals surface area contributed by atoms with Crippen molar-refractivity contribution in [3.05, 3.63) is 28.1 Å². The molecule has 0 saturated heterocycles. The second kappa shape index (κ2) is 4.93. The van der Waals surface area contributed by atoms with Gasteiger partial charge in [-0.15, -0.1) is 0 Å². The zero-order valence-electron chi connectivity index (χ0n) is 8.29. The lowest BCUT2D eigenvalue weighted by Gasteiger charge is -2.02. The van der Waals surface area contributed by atoms with E-state index in [-0.39, 0.29) is 24.3 Å². The molecule has 0 aliphatic rings. The summed E-state index contributed by atoms with van der Waals surface area (Å²) in [5.41, 5.74) is -0.390. The van der Waals surface area contributed by atoms with E-state index in [4.69, 9.17) is 10.4 Å². The normalized spacial score (nSPS) is 9.69. The molecule has 0 spiro atoms. The minimum Gasteiger partial charge on any atom is -0.477 e. The first-order chi connectivity index (χ1) is 7.56. The molecule has 0 unspecified atom stereocenters. The van der Waals surface area contributed by atoms with E-state index in [0.717, 1.165) is 6.07 Å². The second-order valence-electron chi connectivity index (χ2n) is 3.10. The zero-order chi connectivity index (χ0) is 12.1. The fourth-order valence-corrected chi connectivity index (χ4v) is 1.29. The quantitative estimate of drug-likeness (QED) is 0.461. The molecule has 84 valence electrons. The van der Waals surface area contributed by atoms with Gasteiger partial charge in [0, 0.05) is 19.0 Å². The zero-order valence-corrected chi connectivity index (χ0v) is 8.29. The van der Waals surface area contributed by atoms with Crippen molar-refractivity contribution in [2.24, 2.45) is 0 Å². The van der Waals surface area contributed by atoms with Gasteiger partial charge in [0.15, 0.2) is 0 Å². The van der Waals surface area contributed by atoms with Crippen LogP contribution in [0, 0.1) is 21.4 Å². The molecular weight excluding hydrogens is 214 g/mol. The molecule has 1 rings (SSSR count). The van der Waals surface area contributed by atoms with Crippen LogP contribution in [0.1, 0.15) is 23.3 Å². The number of hydrogen-bond acceptors (Lipinski definition) is 4. The summed E-state index contributed by atoms with van der Waals surface area (Å²) in [5, 5.41) is 27.6. The van der Waals surface area contributed by atoms with Crippen LogP contribution in [0.2, 0.25) is 0 Å². The van der Waals surface area contributed by atoms with Crippen LogP contribution in [0.25, 0.3) is 0 Å². The summed E-state index contributed by atoms with van der Waals surface area (Å²) in [5.74, 6) is -1.22. The highest BCUT2D eigenvalue weighted by Crippen LogP contribution is 2.17. The molecule has 16 heavy (non-hydrogen) atoms. The van der Waals surface area contributed by atoms with Gasteiger partial charge in [-0.3, -0.25) is 10.1 Å². The van der Waals surface area contributed by atoms with E-state index in [2.05, 4.69) is 0 Å². The van der Waals surface area contributed by atoms with E-state index in [0.29, 0.717) is 6.42 Å². The maximum absolute atomic E-state index is 10.8. The van der Waals surface area contributed by atoms with Crippen molar-refractivity contribution in [2.45, 2.75) is 19.4 Å². The Bertz CT molecular complexity index is 458. The number of nitrogens with zero attached hydrogens (tertiary/aromatic N) is 3. The number of carbonyl (C=O) groups is 1. The molecule has 0 bridgehead atoms. The number of aryl methyl sites for hydroxylation is 1. The van der Waals surface area contributed by atoms with Crippen LogP contribution in [-0.2, 0) is 6.54 Å². The van der Waals surface area contributed by atoms with Crippen LogP contribution in [0.5, 0.6) is 0 Å². The standard InChI is InChI=1S/C9H9N3O4/c10-3-1-2-4-11-6-7(12(15)16)5-8(11)9(13)14/h5-6H,1-2,4H2,(H,13,14). The van der Waals surface area contributed by atoms with E-state index >= 15 is 0 Å². The summed E-state index contributed by atoms with van der Waals surface area (Å²) in [6, 6.07) is 2.93. The van der Waals surface area contributed by atoms with Gasteiger partial charge in [-0.2, -0.15) is 5.26 Å². The fraction of sp³-hybridized carbons (Fsp3) is 0.333. The molecule has 1 N–H and O–H groups in total. The van der Waals surface area contributed by atoms with Gasteiger partial charge >= 0.3 is 5.97 Å². The molecule has 7 nitrogen and oxygen atoms in total. The van der Waals surface area contributed by atoms with Gasteiger partial charge in [-0.25, -0.2) is 4.79 Å². The molecule has 1 aromatic rings. The van der Waals surface area contributed by atoms with Crippen molar-refractivity contribution in [1.29, 1.82) is 5.26 Å².